The van der Waals surface area contributed by atoms with Crippen LogP contribution in [0, 0.1) is 5.92 Å². The molecule has 4 rings (SSSR count). The Balaban J connectivity index is 0.000000297. The quantitative estimate of drug-likeness (QED) is 0.0915. The zero-order chi connectivity index (χ0) is 19.5. The Morgan fingerprint density at radius 2 is 1.89 bits per heavy atom. The molecule has 0 N–H and O–H groups in total. The molecule has 2 atom stereocenters. The fraction of sp³-hybridized carbons (Fsp3) is 0.333. The van der Waals surface area contributed by atoms with Crippen molar-refractivity contribution in [1.29, 1.82) is 0 Å². The minimum absolute atomic E-state index is 0. The predicted octanol–water partition coefficient (Wildman–Crippen LogP) is 8.11. The summed E-state index contributed by atoms with van der Waals surface area (Å²) < 4.78 is 0. The van der Waals surface area contributed by atoms with Crippen LogP contribution in [0.25, 0.3) is 21.9 Å². The molecule has 2 aromatic rings. The Hall–Kier alpha value is -0.270. The van der Waals surface area contributed by atoms with Gasteiger partial charge in [-0.1, -0.05) is 44.6 Å². The number of alkyl halides is 1. The van der Waals surface area contributed by atoms with Crippen molar-refractivity contribution in [3.63, 3.8) is 0 Å². The van der Waals surface area contributed by atoms with Gasteiger partial charge in [-0.3, -0.25) is 11.3 Å². The topological polar surface area (TPSA) is 0 Å². The Labute approximate surface area is 200 Å². The number of hydrogen-bond donors (Lipinski definition) is 0. The standard InChI is InChI=1S/C16H22P.C7H5S.CH3Cl.Hf/c1-3-4-7-13(2)12-17-16-11-10-14-8-5-6-9-15(14)16;1-2-6-4-8-5-7(6)3-1;1-2;/h5-6,8-11,13,17H,3-4,7,12H2,1-2H3;1-5H;1H3;/q2*-1;;. The summed E-state index contributed by atoms with van der Waals surface area (Å²) in [5.41, 5.74) is 2.74. The maximum atomic E-state index is 4.64. The van der Waals surface area contributed by atoms with Crippen LogP contribution in [0.3, 0.4) is 0 Å². The summed E-state index contributed by atoms with van der Waals surface area (Å²) in [6, 6.07) is 19.7. The molecule has 0 radical (unpaired) electrons. The number of thiophene rings is 1. The van der Waals surface area contributed by atoms with Gasteiger partial charge in [0.15, 0.2) is 0 Å². The van der Waals surface area contributed by atoms with E-state index in [1.165, 1.54) is 53.7 Å². The number of fused-ring (bicyclic) bond motifs is 2. The van der Waals surface area contributed by atoms with Gasteiger partial charge < -0.3 is 0 Å². The normalized spacial score (nSPS) is 11.6. The minimum Gasteiger partial charge on any atom is -0.263 e. The third kappa shape index (κ3) is 7.86. The van der Waals surface area contributed by atoms with Crippen molar-refractivity contribution in [2.75, 3.05) is 12.5 Å². The summed E-state index contributed by atoms with van der Waals surface area (Å²) in [5.74, 6) is 0.877. The maximum Gasteiger partial charge on any atom is 0.0108 e. The van der Waals surface area contributed by atoms with Crippen LogP contribution in [0.2, 0.25) is 0 Å². The van der Waals surface area contributed by atoms with Gasteiger partial charge in [-0.15, -0.1) is 95.2 Å². The summed E-state index contributed by atoms with van der Waals surface area (Å²) in [6.45, 7) is 4.67. The molecule has 0 saturated carbocycles. The maximum absolute atomic E-state index is 4.64. The molecule has 1 aliphatic carbocycles. The molecule has 2 aliphatic rings. The molecule has 0 saturated heterocycles. The average molecular weight is 595 g/mol. The van der Waals surface area contributed by atoms with Crippen molar-refractivity contribution in [1.82, 2.24) is 0 Å². The SMILES string of the molecule is CCCCC(C)CP[c-]1ccc2ccccc21.CCl.[Hf].c1cc2cs[cH-]c-2c1. The molecule has 0 fully saturated rings. The van der Waals surface area contributed by atoms with Crippen LogP contribution in [0.5, 0.6) is 0 Å². The smallest absolute Gasteiger partial charge is 0.0108 e. The van der Waals surface area contributed by atoms with E-state index in [4.69, 9.17) is 0 Å². The van der Waals surface area contributed by atoms with Crippen molar-refractivity contribution >= 4 is 47.6 Å². The molecule has 150 valence electrons. The van der Waals surface area contributed by atoms with Crippen molar-refractivity contribution in [3.8, 4) is 11.1 Å². The number of unbranched alkanes of at least 4 members (excludes halogenated alkanes) is 1. The first-order chi connectivity index (χ1) is 13.3. The predicted molar refractivity (Wildman–Crippen MR) is 129 cm³/mol. The van der Waals surface area contributed by atoms with E-state index in [1.54, 1.807) is 16.6 Å². The van der Waals surface area contributed by atoms with Crippen LogP contribution in [0.15, 0.2) is 65.4 Å². The first-order valence-corrected chi connectivity index (χ1v) is 12.5. The first kappa shape index (κ1) is 25.8. The van der Waals surface area contributed by atoms with Gasteiger partial charge in [0.1, 0.15) is 0 Å². The molecule has 1 aliphatic heterocycles. The van der Waals surface area contributed by atoms with Crippen molar-refractivity contribution < 1.29 is 25.8 Å². The van der Waals surface area contributed by atoms with E-state index in [2.05, 4.69) is 90.8 Å². The molecule has 2 aromatic carbocycles. The Bertz CT molecular complexity index is 802. The van der Waals surface area contributed by atoms with Crippen molar-refractivity contribution in [2.24, 2.45) is 5.92 Å². The van der Waals surface area contributed by atoms with E-state index in [9.17, 15) is 0 Å². The second kappa shape index (κ2) is 14.7. The number of halogens is 1. The molecule has 1 heterocycles. The molecule has 2 unspecified atom stereocenters. The number of hydrogen-bond acceptors (Lipinski definition) is 1. The zero-order valence-corrected chi connectivity index (χ0v) is 23.2. The Morgan fingerprint density at radius 3 is 2.64 bits per heavy atom. The average Bonchev–Trinajstić information content (AvgIpc) is 3.43. The molecule has 4 heteroatoms. The van der Waals surface area contributed by atoms with E-state index in [0.29, 0.717) is 0 Å². The summed E-state index contributed by atoms with van der Waals surface area (Å²) >= 11 is 6.40. The van der Waals surface area contributed by atoms with Gasteiger partial charge in [0.05, 0.1) is 0 Å². The van der Waals surface area contributed by atoms with Crippen LogP contribution in [0.1, 0.15) is 33.1 Å². The summed E-state index contributed by atoms with van der Waals surface area (Å²) in [5, 5.41) is 8.75. The van der Waals surface area contributed by atoms with Crippen LogP contribution >= 0.6 is 31.5 Å². The van der Waals surface area contributed by atoms with Gasteiger partial charge in [-0.2, -0.15) is 6.07 Å². The van der Waals surface area contributed by atoms with E-state index in [-0.39, 0.29) is 25.8 Å². The van der Waals surface area contributed by atoms with Gasteiger partial charge in [0.2, 0.25) is 0 Å². The van der Waals surface area contributed by atoms with Crippen LogP contribution < -0.4 is 5.30 Å². The third-order valence-corrected chi connectivity index (χ3v) is 7.14. The number of rotatable bonds is 6. The zero-order valence-electron chi connectivity index (χ0n) is 17.0. The molecule has 0 aromatic heterocycles. The molecule has 0 nitrogen and oxygen atoms in total. The monoisotopic (exact) mass is 596 g/mol. The van der Waals surface area contributed by atoms with Gasteiger partial charge in [-0.25, -0.2) is 0 Å². The van der Waals surface area contributed by atoms with Gasteiger partial charge in [0.25, 0.3) is 0 Å². The largest absolute Gasteiger partial charge is 0.263 e. The summed E-state index contributed by atoms with van der Waals surface area (Å²) in [6.07, 6.45) is 6.93. The molecular weight excluding hydrogens is 565 g/mol. The Kier molecular flexibility index (Phi) is 13.5. The minimum atomic E-state index is 0. The van der Waals surface area contributed by atoms with Crippen molar-refractivity contribution in [3.05, 3.63) is 65.4 Å². The van der Waals surface area contributed by atoms with E-state index >= 15 is 0 Å². The molecule has 0 bridgehead atoms. The van der Waals surface area contributed by atoms with Crippen LogP contribution in [-0.4, -0.2) is 12.5 Å². The summed E-state index contributed by atoms with van der Waals surface area (Å²) in [4.78, 5) is 0. The van der Waals surface area contributed by atoms with E-state index in [1.807, 2.05) is 0 Å². The van der Waals surface area contributed by atoms with E-state index in [0.717, 1.165) is 14.5 Å². The van der Waals surface area contributed by atoms with Gasteiger partial charge in [0, 0.05) is 32.2 Å². The molecule has 0 amide bonds. The fourth-order valence-electron chi connectivity index (χ4n) is 3.09. The Morgan fingerprint density at radius 1 is 1.11 bits per heavy atom. The van der Waals surface area contributed by atoms with Gasteiger partial charge >= 0.3 is 0 Å². The third-order valence-electron chi connectivity index (χ3n) is 4.65. The second-order valence-electron chi connectivity index (χ2n) is 6.77. The molecular formula is C24H30ClHfPS-2. The second-order valence-corrected chi connectivity index (χ2v) is 8.81. The van der Waals surface area contributed by atoms with Crippen LogP contribution in [0.4, 0.5) is 0 Å². The molecule has 0 spiro atoms. The van der Waals surface area contributed by atoms with Crippen molar-refractivity contribution in [2.45, 2.75) is 33.1 Å². The fourth-order valence-corrected chi connectivity index (χ4v) is 5.27. The first-order valence-electron chi connectivity index (χ1n) is 9.61. The number of benzene rings is 1. The molecule has 28 heavy (non-hydrogen) atoms. The van der Waals surface area contributed by atoms with Gasteiger partial charge in [-0.05, 0) is 12.1 Å². The van der Waals surface area contributed by atoms with E-state index < -0.39 is 0 Å². The summed E-state index contributed by atoms with van der Waals surface area (Å²) in [7, 11) is 0.974. The van der Waals surface area contributed by atoms with Crippen LogP contribution in [-0.2, 0) is 25.8 Å².